The van der Waals surface area contributed by atoms with Crippen LogP contribution in [-0.2, 0) is 4.79 Å². The number of halogens is 1. The van der Waals surface area contributed by atoms with Gasteiger partial charge in [0.1, 0.15) is 0 Å². The summed E-state index contributed by atoms with van der Waals surface area (Å²) in [4.78, 5) is 11.1. The van der Waals surface area contributed by atoms with Crippen LogP contribution in [0.25, 0.3) is 0 Å². The highest BCUT2D eigenvalue weighted by Gasteiger charge is 2.20. The van der Waals surface area contributed by atoms with Crippen molar-refractivity contribution in [2.45, 2.75) is 19.1 Å². The van der Waals surface area contributed by atoms with E-state index in [2.05, 4.69) is 0 Å². The van der Waals surface area contributed by atoms with Gasteiger partial charge in [0.05, 0.1) is 0 Å². The van der Waals surface area contributed by atoms with Gasteiger partial charge in [0.2, 0.25) is 6.41 Å². The Kier molecular flexibility index (Phi) is 1.46. The summed E-state index contributed by atoms with van der Waals surface area (Å²) < 4.78 is 12.3. The molecule has 2 nitrogen and oxygen atoms in total. The molecule has 1 fully saturated rings. The van der Waals surface area contributed by atoms with E-state index in [4.69, 9.17) is 0 Å². The summed E-state index contributed by atoms with van der Waals surface area (Å²) in [7, 11) is 0. The molecule has 1 aliphatic heterocycles. The summed E-state index contributed by atoms with van der Waals surface area (Å²) in [6.45, 7) is 0.588. The lowest BCUT2D eigenvalue weighted by molar-refractivity contribution is -0.121. The second kappa shape index (κ2) is 2.11. The molecule has 1 heterocycles. The molecule has 0 aromatic rings. The van der Waals surface area contributed by atoms with Crippen LogP contribution < -0.4 is 0 Å². The standard InChI is InChI=1S/C5H8FNO/c6-5-2-1-3-7(5)4-8/h4-5H,1-3H2. The van der Waals surface area contributed by atoms with Crippen molar-refractivity contribution < 1.29 is 9.18 Å². The van der Waals surface area contributed by atoms with Crippen LogP contribution in [0.3, 0.4) is 0 Å². The molecule has 0 aliphatic carbocycles. The van der Waals surface area contributed by atoms with Gasteiger partial charge in [-0.2, -0.15) is 0 Å². The Labute approximate surface area is 47.3 Å². The minimum atomic E-state index is -1.01. The summed E-state index contributed by atoms with van der Waals surface area (Å²) >= 11 is 0. The fourth-order valence-electron chi connectivity index (χ4n) is 0.867. The van der Waals surface area contributed by atoms with Crippen LogP contribution in [0.2, 0.25) is 0 Å². The van der Waals surface area contributed by atoms with Crippen LogP contribution in [0.1, 0.15) is 12.8 Å². The quantitative estimate of drug-likeness (QED) is 0.362. The number of carbonyl (C=O) groups is 1. The van der Waals surface area contributed by atoms with Gasteiger partial charge in [0.25, 0.3) is 0 Å². The average Bonchev–Trinajstić information content (AvgIpc) is 2.14. The number of amides is 1. The van der Waals surface area contributed by atoms with Gasteiger partial charge in [-0.05, 0) is 12.8 Å². The summed E-state index contributed by atoms with van der Waals surface area (Å²) in [5, 5.41) is 0. The fourth-order valence-corrected chi connectivity index (χ4v) is 0.867. The molecule has 0 aromatic heterocycles. The fraction of sp³-hybridized carbons (Fsp3) is 0.800. The third-order valence-electron chi connectivity index (χ3n) is 1.35. The maximum Gasteiger partial charge on any atom is 0.211 e. The summed E-state index contributed by atoms with van der Waals surface area (Å²) in [6, 6.07) is 0. The highest BCUT2D eigenvalue weighted by molar-refractivity contribution is 5.47. The van der Waals surface area contributed by atoms with E-state index in [1.807, 2.05) is 0 Å². The van der Waals surface area contributed by atoms with Crippen molar-refractivity contribution in [2.24, 2.45) is 0 Å². The molecule has 0 spiro atoms. The molecule has 1 aliphatic rings. The van der Waals surface area contributed by atoms with Gasteiger partial charge in [-0.15, -0.1) is 0 Å². The highest BCUT2D eigenvalue weighted by atomic mass is 19.1. The molecule has 0 N–H and O–H groups in total. The van der Waals surface area contributed by atoms with E-state index in [1.54, 1.807) is 0 Å². The first kappa shape index (κ1) is 5.54. The van der Waals surface area contributed by atoms with Crippen LogP contribution in [0.5, 0.6) is 0 Å². The maximum atomic E-state index is 12.3. The summed E-state index contributed by atoms with van der Waals surface area (Å²) in [5.41, 5.74) is 0. The Hall–Kier alpha value is -0.600. The molecule has 3 heteroatoms. The molecule has 1 atom stereocenters. The van der Waals surface area contributed by atoms with Gasteiger partial charge >= 0.3 is 0 Å². The number of hydrogen-bond acceptors (Lipinski definition) is 1. The minimum absolute atomic E-state index is 0.513. The van der Waals surface area contributed by atoms with Gasteiger partial charge in [-0.3, -0.25) is 4.79 Å². The topological polar surface area (TPSA) is 20.3 Å². The normalized spacial score (nSPS) is 28.6. The molecule has 0 radical (unpaired) electrons. The first-order chi connectivity index (χ1) is 3.84. The Morgan fingerprint density at radius 3 is 2.75 bits per heavy atom. The van der Waals surface area contributed by atoms with Crippen molar-refractivity contribution in [1.29, 1.82) is 0 Å². The second-order valence-electron chi connectivity index (χ2n) is 1.92. The largest absolute Gasteiger partial charge is 0.315 e. The predicted octanol–water partition coefficient (Wildman–Crippen LogP) is 0.534. The predicted molar refractivity (Wildman–Crippen MR) is 26.9 cm³/mol. The SMILES string of the molecule is O=CN1CCCC1F. The van der Waals surface area contributed by atoms with Crippen molar-refractivity contribution >= 4 is 6.41 Å². The van der Waals surface area contributed by atoms with Crippen molar-refractivity contribution in [3.05, 3.63) is 0 Å². The van der Waals surface area contributed by atoms with E-state index >= 15 is 0 Å². The highest BCUT2D eigenvalue weighted by Crippen LogP contribution is 2.14. The third kappa shape index (κ3) is 0.804. The van der Waals surface area contributed by atoms with Gasteiger partial charge < -0.3 is 4.90 Å². The van der Waals surface area contributed by atoms with Crippen LogP contribution in [0.15, 0.2) is 0 Å². The van der Waals surface area contributed by atoms with E-state index in [-0.39, 0.29) is 0 Å². The van der Waals surface area contributed by atoms with E-state index in [1.165, 1.54) is 4.90 Å². The van der Waals surface area contributed by atoms with Gasteiger partial charge in [-0.1, -0.05) is 0 Å². The first-order valence-electron chi connectivity index (χ1n) is 2.69. The number of carbonyl (C=O) groups excluding carboxylic acids is 1. The lowest BCUT2D eigenvalue weighted by Gasteiger charge is -2.09. The molecule has 8 heavy (non-hydrogen) atoms. The molecular formula is C5H8FNO. The van der Waals surface area contributed by atoms with Crippen LogP contribution in [-0.4, -0.2) is 24.2 Å². The van der Waals surface area contributed by atoms with Gasteiger partial charge in [-0.25, -0.2) is 4.39 Å². The van der Waals surface area contributed by atoms with Crippen LogP contribution in [0.4, 0.5) is 4.39 Å². The molecular weight excluding hydrogens is 109 g/mol. The molecule has 0 bridgehead atoms. The Bertz CT molecular complexity index is 96.4. The van der Waals surface area contributed by atoms with E-state index in [0.29, 0.717) is 19.4 Å². The van der Waals surface area contributed by atoms with Crippen LogP contribution in [0, 0.1) is 0 Å². The van der Waals surface area contributed by atoms with Crippen molar-refractivity contribution in [3.63, 3.8) is 0 Å². The van der Waals surface area contributed by atoms with Crippen molar-refractivity contribution in [2.75, 3.05) is 6.54 Å². The molecule has 1 saturated heterocycles. The lowest BCUT2D eigenvalue weighted by Crippen LogP contribution is -2.23. The molecule has 0 aromatic carbocycles. The zero-order valence-electron chi connectivity index (χ0n) is 4.51. The third-order valence-corrected chi connectivity index (χ3v) is 1.35. The smallest absolute Gasteiger partial charge is 0.211 e. The molecule has 1 amide bonds. The number of hydrogen-bond donors (Lipinski definition) is 0. The molecule has 46 valence electrons. The van der Waals surface area contributed by atoms with Gasteiger partial charge in [0, 0.05) is 6.54 Å². The molecule has 1 rings (SSSR count). The second-order valence-corrected chi connectivity index (χ2v) is 1.92. The van der Waals surface area contributed by atoms with Crippen molar-refractivity contribution in [3.8, 4) is 0 Å². The van der Waals surface area contributed by atoms with E-state index in [0.717, 1.165) is 6.42 Å². The van der Waals surface area contributed by atoms with Gasteiger partial charge in [0.15, 0.2) is 6.30 Å². The van der Waals surface area contributed by atoms with E-state index < -0.39 is 6.30 Å². The average molecular weight is 117 g/mol. The monoisotopic (exact) mass is 117 g/mol. The first-order valence-corrected chi connectivity index (χ1v) is 2.69. The zero-order chi connectivity index (χ0) is 5.98. The summed E-state index contributed by atoms with van der Waals surface area (Å²) in [6.07, 6.45) is 0.878. The number of alkyl halides is 1. The maximum absolute atomic E-state index is 12.3. The Morgan fingerprint density at radius 2 is 2.50 bits per heavy atom. The number of likely N-dealkylation sites (tertiary alicyclic amines) is 1. The lowest BCUT2D eigenvalue weighted by atomic mass is 10.4. The Morgan fingerprint density at radius 1 is 1.75 bits per heavy atom. The molecule has 0 saturated carbocycles. The van der Waals surface area contributed by atoms with E-state index in [9.17, 15) is 9.18 Å². The zero-order valence-corrected chi connectivity index (χ0v) is 4.51. The van der Waals surface area contributed by atoms with Crippen molar-refractivity contribution in [1.82, 2.24) is 4.90 Å². The Balaban J connectivity index is 2.41. The number of rotatable bonds is 1. The van der Waals surface area contributed by atoms with Crippen LogP contribution >= 0.6 is 0 Å². The molecule has 1 unspecified atom stereocenters. The summed E-state index contributed by atoms with van der Waals surface area (Å²) in [5.74, 6) is 0. The minimum Gasteiger partial charge on any atom is -0.315 e. The number of nitrogens with zero attached hydrogens (tertiary/aromatic N) is 1.